The predicted octanol–water partition coefficient (Wildman–Crippen LogP) is 4.52. The van der Waals surface area contributed by atoms with Crippen LogP contribution in [0.2, 0.25) is 5.02 Å². The number of nitrogens with two attached hydrogens (primary N) is 1. The van der Waals surface area contributed by atoms with Gasteiger partial charge in [0.2, 0.25) is 5.88 Å². The first-order valence-electron chi connectivity index (χ1n) is 6.03. The minimum Gasteiger partial charge on any atom is -0.367 e. The number of nitrogen functional groups attached to an aromatic ring is 1. The lowest BCUT2D eigenvalue weighted by molar-refractivity contribution is 0.439. The Morgan fingerprint density at radius 3 is 2.57 bits per heavy atom. The molecule has 0 unspecified atom stereocenters. The van der Waals surface area contributed by atoms with Crippen LogP contribution in [0.5, 0.6) is 0 Å². The molecule has 2 N–H and O–H groups in total. The molecule has 0 aliphatic heterocycles. The summed E-state index contributed by atoms with van der Waals surface area (Å²) in [6.07, 6.45) is 0. The largest absolute Gasteiger partial charge is 0.367 e. The third-order valence-electron chi connectivity index (χ3n) is 3.02. The minimum absolute atomic E-state index is 0.0423. The van der Waals surface area contributed by atoms with Gasteiger partial charge in [0, 0.05) is 5.56 Å². The third kappa shape index (κ3) is 2.48. The van der Waals surface area contributed by atoms with Crippen molar-refractivity contribution in [2.24, 2.45) is 0 Å². The zero-order valence-electron chi connectivity index (χ0n) is 10.6. The lowest BCUT2D eigenvalue weighted by Crippen LogP contribution is -1.89. The molecule has 0 radical (unpaired) electrons. The van der Waals surface area contributed by atoms with Crippen LogP contribution in [0, 0.1) is 11.6 Å². The van der Waals surface area contributed by atoms with Crippen molar-refractivity contribution < 1.29 is 13.3 Å². The average Bonchev–Trinajstić information content (AvgIpc) is 2.84. The maximum atomic E-state index is 13.4. The summed E-state index contributed by atoms with van der Waals surface area (Å²) in [7, 11) is 0. The fourth-order valence-electron chi connectivity index (χ4n) is 2.07. The van der Waals surface area contributed by atoms with Gasteiger partial charge in [-0.1, -0.05) is 28.9 Å². The molecule has 0 saturated heterocycles. The Balaban J connectivity index is 2.19. The second-order valence-corrected chi connectivity index (χ2v) is 4.82. The molecular formula is C15H9ClF2N2O. The summed E-state index contributed by atoms with van der Waals surface area (Å²) < 4.78 is 31.6. The quantitative estimate of drug-likeness (QED) is 0.757. The molecule has 21 heavy (non-hydrogen) atoms. The van der Waals surface area contributed by atoms with E-state index in [0.29, 0.717) is 22.4 Å². The second kappa shape index (κ2) is 5.18. The Morgan fingerprint density at radius 1 is 1.05 bits per heavy atom. The molecule has 0 spiro atoms. The Kier molecular flexibility index (Phi) is 3.35. The van der Waals surface area contributed by atoms with Crippen LogP contribution in [0.3, 0.4) is 0 Å². The van der Waals surface area contributed by atoms with Gasteiger partial charge in [-0.15, -0.1) is 0 Å². The van der Waals surface area contributed by atoms with E-state index in [1.165, 1.54) is 30.3 Å². The van der Waals surface area contributed by atoms with E-state index in [-0.39, 0.29) is 10.9 Å². The normalized spacial score (nSPS) is 10.8. The second-order valence-electron chi connectivity index (χ2n) is 4.41. The van der Waals surface area contributed by atoms with Crippen molar-refractivity contribution in [3.8, 4) is 22.4 Å². The topological polar surface area (TPSA) is 52.0 Å². The van der Waals surface area contributed by atoms with Gasteiger partial charge in [0.1, 0.15) is 17.3 Å². The summed E-state index contributed by atoms with van der Waals surface area (Å²) in [5.74, 6) is -0.892. The third-order valence-corrected chi connectivity index (χ3v) is 3.31. The molecule has 1 aromatic heterocycles. The van der Waals surface area contributed by atoms with E-state index in [9.17, 15) is 8.78 Å². The summed E-state index contributed by atoms with van der Waals surface area (Å²) in [5.41, 5.74) is 7.63. The molecule has 6 heteroatoms. The van der Waals surface area contributed by atoms with Crippen molar-refractivity contribution in [1.82, 2.24) is 5.16 Å². The van der Waals surface area contributed by atoms with Crippen molar-refractivity contribution in [2.45, 2.75) is 0 Å². The Labute approximate surface area is 123 Å². The number of benzene rings is 2. The molecule has 0 bridgehead atoms. The molecule has 3 aromatic rings. The number of halogens is 3. The zero-order valence-corrected chi connectivity index (χ0v) is 11.4. The molecule has 0 atom stereocenters. The molecule has 3 nitrogen and oxygen atoms in total. The van der Waals surface area contributed by atoms with Crippen molar-refractivity contribution >= 4 is 17.5 Å². The van der Waals surface area contributed by atoms with Gasteiger partial charge < -0.3 is 10.3 Å². The molecule has 0 amide bonds. The van der Waals surface area contributed by atoms with Crippen LogP contribution < -0.4 is 5.73 Å². The highest BCUT2D eigenvalue weighted by molar-refractivity contribution is 6.31. The van der Waals surface area contributed by atoms with E-state index in [0.717, 1.165) is 0 Å². The minimum atomic E-state index is -0.538. The number of hydrogen-bond donors (Lipinski definition) is 1. The van der Waals surface area contributed by atoms with E-state index < -0.39 is 11.6 Å². The van der Waals surface area contributed by atoms with E-state index in [2.05, 4.69) is 5.16 Å². The predicted molar refractivity (Wildman–Crippen MR) is 76.7 cm³/mol. The first-order chi connectivity index (χ1) is 10.1. The number of nitrogens with zero attached hydrogens (tertiary/aromatic N) is 1. The van der Waals surface area contributed by atoms with Crippen LogP contribution >= 0.6 is 11.6 Å². The summed E-state index contributed by atoms with van der Waals surface area (Å²) in [4.78, 5) is 0. The van der Waals surface area contributed by atoms with Gasteiger partial charge in [-0.3, -0.25) is 0 Å². The lowest BCUT2D eigenvalue weighted by atomic mass is 10.0. The van der Waals surface area contributed by atoms with Gasteiger partial charge >= 0.3 is 0 Å². The summed E-state index contributed by atoms with van der Waals surface area (Å²) in [6.45, 7) is 0. The average molecular weight is 307 g/mol. The van der Waals surface area contributed by atoms with Gasteiger partial charge in [0.25, 0.3) is 0 Å². The van der Waals surface area contributed by atoms with Crippen LogP contribution in [0.1, 0.15) is 0 Å². The molecule has 2 aromatic carbocycles. The standard InChI is InChI=1S/C15H9ClF2N2O/c16-11-7-9(4-5-12(11)18)14-13(15(19)21-20-14)8-2-1-3-10(17)6-8/h1-7H,19H2. The highest BCUT2D eigenvalue weighted by Crippen LogP contribution is 2.37. The first-order valence-corrected chi connectivity index (χ1v) is 6.40. The van der Waals surface area contributed by atoms with E-state index in [4.69, 9.17) is 21.9 Å². The smallest absolute Gasteiger partial charge is 0.230 e. The number of rotatable bonds is 2. The van der Waals surface area contributed by atoms with Crippen LogP contribution in [-0.2, 0) is 0 Å². The fraction of sp³-hybridized carbons (Fsp3) is 0. The molecule has 0 fully saturated rings. The number of anilines is 1. The monoisotopic (exact) mass is 306 g/mol. The van der Waals surface area contributed by atoms with Crippen molar-refractivity contribution in [3.05, 3.63) is 59.1 Å². The fourth-order valence-corrected chi connectivity index (χ4v) is 2.25. The summed E-state index contributed by atoms with van der Waals surface area (Å²) in [5, 5.41) is 3.82. The van der Waals surface area contributed by atoms with Crippen LogP contribution in [0.15, 0.2) is 47.0 Å². The van der Waals surface area contributed by atoms with Gasteiger partial charge in [0.15, 0.2) is 0 Å². The van der Waals surface area contributed by atoms with E-state index in [1.807, 2.05) is 0 Å². The maximum Gasteiger partial charge on any atom is 0.230 e. The van der Waals surface area contributed by atoms with Crippen molar-refractivity contribution in [3.63, 3.8) is 0 Å². The number of aromatic nitrogens is 1. The molecule has 0 aliphatic carbocycles. The van der Waals surface area contributed by atoms with Gasteiger partial charge in [-0.2, -0.15) is 0 Å². The van der Waals surface area contributed by atoms with Crippen molar-refractivity contribution in [1.29, 1.82) is 0 Å². The van der Waals surface area contributed by atoms with E-state index in [1.54, 1.807) is 12.1 Å². The molecule has 0 aliphatic rings. The van der Waals surface area contributed by atoms with Crippen molar-refractivity contribution in [2.75, 3.05) is 5.73 Å². The van der Waals surface area contributed by atoms with Gasteiger partial charge in [0.05, 0.1) is 10.6 Å². The molecule has 106 valence electrons. The highest BCUT2D eigenvalue weighted by atomic mass is 35.5. The summed E-state index contributed by atoms with van der Waals surface area (Å²) >= 11 is 5.77. The van der Waals surface area contributed by atoms with Crippen LogP contribution in [0.4, 0.5) is 14.7 Å². The Bertz CT molecular complexity index is 817. The van der Waals surface area contributed by atoms with Gasteiger partial charge in [-0.25, -0.2) is 8.78 Å². The molecule has 1 heterocycles. The van der Waals surface area contributed by atoms with Gasteiger partial charge in [-0.05, 0) is 35.9 Å². The molecule has 0 saturated carbocycles. The van der Waals surface area contributed by atoms with E-state index >= 15 is 0 Å². The Hall–Kier alpha value is -2.40. The highest BCUT2D eigenvalue weighted by Gasteiger charge is 2.18. The molecule has 3 rings (SSSR count). The Morgan fingerprint density at radius 2 is 1.86 bits per heavy atom. The summed E-state index contributed by atoms with van der Waals surface area (Å²) in [6, 6.07) is 10.0. The van der Waals surface area contributed by atoms with Crippen LogP contribution in [-0.4, -0.2) is 5.16 Å². The first kappa shape index (κ1) is 13.6. The maximum absolute atomic E-state index is 13.4. The SMILES string of the molecule is Nc1onc(-c2ccc(F)c(Cl)c2)c1-c1cccc(F)c1. The zero-order chi connectivity index (χ0) is 15.0. The molecular weight excluding hydrogens is 298 g/mol. The van der Waals surface area contributed by atoms with Crippen LogP contribution in [0.25, 0.3) is 22.4 Å². The lowest BCUT2D eigenvalue weighted by Gasteiger charge is -2.04. The number of hydrogen-bond acceptors (Lipinski definition) is 3.